The molecular weight excluding hydrogens is 512 g/mol. The van der Waals surface area contributed by atoms with E-state index in [0.29, 0.717) is 17.7 Å². The molecule has 1 aliphatic rings. The van der Waals surface area contributed by atoms with Crippen LogP contribution in [0.5, 0.6) is 0 Å². The maximum Gasteiger partial charge on any atom is 0.251 e. The fraction of sp³-hybridized carbons (Fsp3) is 0.167. The van der Waals surface area contributed by atoms with Crippen molar-refractivity contribution in [3.05, 3.63) is 107 Å². The van der Waals surface area contributed by atoms with E-state index in [0.717, 1.165) is 46.5 Å². The zero-order valence-corrected chi connectivity index (χ0v) is 21.4. The minimum Gasteiger partial charge on any atom is -0.369 e. The van der Waals surface area contributed by atoms with Crippen molar-refractivity contribution < 1.29 is 13.6 Å². The number of pyridine rings is 1. The molecular formula is C30H25F2N7O. The lowest BCUT2D eigenvalue weighted by Crippen LogP contribution is -2.34. The Labute approximate surface area is 229 Å². The number of aliphatic imine (C=N–C) groups is 1. The third-order valence-electron chi connectivity index (χ3n) is 6.10. The highest BCUT2D eigenvalue weighted by Gasteiger charge is 2.16. The standard InChI is InChI=1S/C30H25F2N7O/c31-26-8-6-22(15-27(26)32)17-39-18-23(16-33-20-39)30(40)36-12-3-4-21-7-9-28-25(14-21)29(38-19-37-28)35-13-10-24-5-1-2-11-34-24/h1-2,5-9,11,14-16,19-20H,10,12-13,17-18H2,(H,36,40)(H,35,37,38). The van der Waals surface area contributed by atoms with Crippen molar-refractivity contribution >= 4 is 29.0 Å². The van der Waals surface area contributed by atoms with Gasteiger partial charge in [-0.25, -0.2) is 23.7 Å². The van der Waals surface area contributed by atoms with Crippen LogP contribution in [0.3, 0.4) is 0 Å². The molecule has 4 aromatic rings. The summed E-state index contributed by atoms with van der Waals surface area (Å²) < 4.78 is 26.7. The van der Waals surface area contributed by atoms with Gasteiger partial charge in [-0.3, -0.25) is 9.78 Å². The Morgan fingerprint density at radius 2 is 1.95 bits per heavy atom. The number of nitrogens with zero attached hydrogens (tertiary/aromatic N) is 5. The van der Waals surface area contributed by atoms with E-state index in [1.165, 1.54) is 18.6 Å². The zero-order valence-electron chi connectivity index (χ0n) is 21.4. The van der Waals surface area contributed by atoms with Gasteiger partial charge in [-0.2, -0.15) is 0 Å². The number of rotatable bonds is 8. The number of carbonyl (C=O) groups is 1. The predicted octanol–water partition coefficient (Wildman–Crippen LogP) is 3.85. The van der Waals surface area contributed by atoms with Crippen LogP contribution < -0.4 is 10.6 Å². The Hall–Kier alpha value is -5.17. The van der Waals surface area contributed by atoms with Gasteiger partial charge in [0.1, 0.15) is 12.1 Å². The SMILES string of the molecule is O=C(NCC#Cc1ccc2ncnc(NCCc3ccccn3)c2c1)C1=CN=CN(Cc2ccc(F)c(F)c2)C1. The van der Waals surface area contributed by atoms with E-state index < -0.39 is 11.6 Å². The van der Waals surface area contributed by atoms with Gasteiger partial charge in [0.25, 0.3) is 5.91 Å². The monoisotopic (exact) mass is 537 g/mol. The summed E-state index contributed by atoms with van der Waals surface area (Å²) in [6.07, 6.45) is 7.10. The van der Waals surface area contributed by atoms with Crippen molar-refractivity contribution in [3.63, 3.8) is 0 Å². The molecule has 0 aliphatic carbocycles. The lowest BCUT2D eigenvalue weighted by Gasteiger charge is -2.23. The number of amides is 1. The van der Waals surface area contributed by atoms with Gasteiger partial charge in [-0.05, 0) is 48.0 Å². The van der Waals surface area contributed by atoms with Gasteiger partial charge in [0.05, 0.1) is 30.5 Å². The Kier molecular flexibility index (Phi) is 8.32. The fourth-order valence-corrected chi connectivity index (χ4v) is 4.13. The van der Waals surface area contributed by atoms with Gasteiger partial charge < -0.3 is 15.5 Å². The van der Waals surface area contributed by atoms with Crippen molar-refractivity contribution in [2.45, 2.75) is 13.0 Å². The number of carbonyl (C=O) groups excluding carboxylic acids is 1. The van der Waals surface area contributed by atoms with Crippen LogP contribution in [-0.2, 0) is 17.8 Å². The number of fused-ring (bicyclic) bond motifs is 1. The van der Waals surface area contributed by atoms with Gasteiger partial charge in [0.2, 0.25) is 0 Å². The van der Waals surface area contributed by atoms with Crippen molar-refractivity contribution in [1.82, 2.24) is 25.2 Å². The molecule has 8 nitrogen and oxygen atoms in total. The molecule has 10 heteroatoms. The van der Waals surface area contributed by atoms with E-state index >= 15 is 0 Å². The predicted molar refractivity (Wildman–Crippen MR) is 149 cm³/mol. The quantitative estimate of drug-likeness (QED) is 0.332. The topological polar surface area (TPSA) is 95.4 Å². The number of hydrogen-bond donors (Lipinski definition) is 2. The molecule has 2 N–H and O–H groups in total. The first-order valence-electron chi connectivity index (χ1n) is 12.6. The highest BCUT2D eigenvalue weighted by atomic mass is 19.2. The number of benzene rings is 2. The third kappa shape index (κ3) is 6.82. The van der Waals surface area contributed by atoms with E-state index in [1.54, 1.807) is 17.4 Å². The van der Waals surface area contributed by atoms with E-state index in [1.807, 2.05) is 36.4 Å². The molecule has 0 spiro atoms. The molecule has 0 bridgehead atoms. The molecule has 40 heavy (non-hydrogen) atoms. The summed E-state index contributed by atoms with van der Waals surface area (Å²) in [6, 6.07) is 15.2. The molecule has 2 aromatic carbocycles. The first-order valence-corrected chi connectivity index (χ1v) is 12.6. The normalized spacial score (nSPS) is 12.4. The first kappa shape index (κ1) is 26.4. The van der Waals surface area contributed by atoms with Crippen LogP contribution in [0, 0.1) is 23.5 Å². The van der Waals surface area contributed by atoms with Crippen LogP contribution in [0.1, 0.15) is 16.8 Å². The van der Waals surface area contributed by atoms with E-state index in [-0.39, 0.29) is 25.5 Å². The minimum atomic E-state index is -0.912. The molecule has 5 rings (SSSR count). The fourth-order valence-electron chi connectivity index (χ4n) is 4.13. The first-order chi connectivity index (χ1) is 19.5. The molecule has 0 unspecified atom stereocenters. The minimum absolute atomic E-state index is 0.140. The van der Waals surface area contributed by atoms with Crippen LogP contribution >= 0.6 is 0 Å². The number of aromatic nitrogens is 3. The molecule has 200 valence electrons. The molecule has 0 saturated heterocycles. The third-order valence-corrected chi connectivity index (χ3v) is 6.10. The van der Waals surface area contributed by atoms with Crippen LogP contribution in [0.4, 0.5) is 14.6 Å². The second-order valence-corrected chi connectivity index (χ2v) is 9.01. The number of nitrogens with one attached hydrogen (secondary N) is 2. The lowest BCUT2D eigenvalue weighted by atomic mass is 10.1. The Morgan fingerprint density at radius 3 is 2.80 bits per heavy atom. The van der Waals surface area contributed by atoms with Gasteiger partial charge in [0, 0.05) is 48.6 Å². The summed E-state index contributed by atoms with van der Waals surface area (Å²) in [5.41, 5.74) is 3.57. The molecule has 0 fully saturated rings. The molecule has 1 amide bonds. The smallest absolute Gasteiger partial charge is 0.251 e. The lowest BCUT2D eigenvalue weighted by molar-refractivity contribution is -0.117. The maximum absolute atomic E-state index is 13.5. The van der Waals surface area contributed by atoms with Gasteiger partial charge >= 0.3 is 0 Å². The van der Waals surface area contributed by atoms with Gasteiger partial charge in [-0.1, -0.05) is 24.0 Å². The van der Waals surface area contributed by atoms with Gasteiger partial charge in [0.15, 0.2) is 11.6 Å². The Balaban J connectivity index is 1.15. The molecule has 0 atom stereocenters. The van der Waals surface area contributed by atoms with Crippen LogP contribution in [0.2, 0.25) is 0 Å². The Morgan fingerprint density at radius 1 is 1.02 bits per heavy atom. The molecule has 0 saturated carbocycles. The van der Waals surface area contributed by atoms with E-state index in [2.05, 4.69) is 42.4 Å². The average Bonchev–Trinajstić information content (AvgIpc) is 2.98. The summed E-state index contributed by atoms with van der Waals surface area (Å²) in [6.45, 7) is 1.38. The number of halogens is 2. The summed E-state index contributed by atoms with van der Waals surface area (Å²) in [5, 5.41) is 6.99. The second kappa shape index (κ2) is 12.6. The molecule has 1 aliphatic heterocycles. The zero-order chi connectivity index (χ0) is 27.7. The molecule has 0 radical (unpaired) electrons. The highest BCUT2D eigenvalue weighted by Crippen LogP contribution is 2.20. The van der Waals surface area contributed by atoms with Gasteiger partial charge in [-0.15, -0.1) is 0 Å². The van der Waals surface area contributed by atoms with E-state index in [9.17, 15) is 13.6 Å². The number of hydrogen-bond acceptors (Lipinski definition) is 7. The Bertz CT molecular complexity index is 1640. The summed E-state index contributed by atoms with van der Waals surface area (Å²) in [4.78, 5) is 31.5. The van der Waals surface area contributed by atoms with Crippen LogP contribution in [0.15, 0.2) is 83.9 Å². The van der Waals surface area contributed by atoms with Crippen LogP contribution in [-0.4, -0.2) is 51.7 Å². The number of anilines is 1. The summed E-state index contributed by atoms with van der Waals surface area (Å²) in [5.74, 6) is 4.66. The van der Waals surface area contributed by atoms with Crippen molar-refractivity contribution in [2.24, 2.45) is 4.99 Å². The van der Waals surface area contributed by atoms with Crippen molar-refractivity contribution in [3.8, 4) is 11.8 Å². The molecule has 3 heterocycles. The van der Waals surface area contributed by atoms with E-state index in [4.69, 9.17) is 0 Å². The largest absolute Gasteiger partial charge is 0.369 e. The maximum atomic E-state index is 13.5. The van der Waals surface area contributed by atoms with Crippen molar-refractivity contribution in [1.29, 1.82) is 0 Å². The highest BCUT2D eigenvalue weighted by molar-refractivity contribution is 5.95. The second-order valence-electron chi connectivity index (χ2n) is 9.01. The molecule has 2 aromatic heterocycles. The summed E-state index contributed by atoms with van der Waals surface area (Å²) in [7, 11) is 0. The van der Waals surface area contributed by atoms with Crippen LogP contribution in [0.25, 0.3) is 10.9 Å². The average molecular weight is 538 g/mol. The van der Waals surface area contributed by atoms with Crippen molar-refractivity contribution in [2.75, 3.05) is 25.0 Å². The summed E-state index contributed by atoms with van der Waals surface area (Å²) >= 11 is 0.